The summed E-state index contributed by atoms with van der Waals surface area (Å²) in [6.07, 6.45) is 14.5. The minimum atomic E-state index is -0.125. The number of hydrogen-bond acceptors (Lipinski definition) is 15. The maximum Gasteiger partial charge on any atom is 0.159 e. The molecule has 1 aliphatic carbocycles. The molecule has 7 aromatic heterocycles. The van der Waals surface area contributed by atoms with Crippen molar-refractivity contribution in [3.63, 3.8) is 0 Å². The Labute approximate surface area is 860 Å². The molecule has 12 nitrogen and oxygen atoms in total. The summed E-state index contributed by atoms with van der Waals surface area (Å²) in [5, 5.41) is 44.1. The third-order valence-electron chi connectivity index (χ3n) is 20.6. The number of aromatic nitrogens is 4. The van der Waals surface area contributed by atoms with Gasteiger partial charge < -0.3 is 35.4 Å². The third-order valence-corrected chi connectivity index (χ3v) is 24.0. The largest absolute Gasteiger partial charge is 0.512 e. The van der Waals surface area contributed by atoms with Gasteiger partial charge in [0.05, 0.1) is 27.7 Å². The van der Waals surface area contributed by atoms with Crippen LogP contribution in [0, 0.1) is 101 Å². The van der Waals surface area contributed by atoms with E-state index in [-0.39, 0.29) is 132 Å². The Morgan fingerprint density at radius 3 is 1.25 bits per heavy atom. The summed E-state index contributed by atoms with van der Waals surface area (Å²) >= 11 is 5.37. The van der Waals surface area contributed by atoms with E-state index < -0.39 is 0 Å². The molecule has 0 bridgehead atoms. The number of hydrogen-bond donors (Lipinski definition) is 4. The van der Waals surface area contributed by atoms with E-state index in [1.54, 1.807) is 22.7 Å². The predicted octanol–water partition coefficient (Wildman–Crippen LogP) is 31.8. The molecular formula is C115H126Ir4N4O8S3-4. The Morgan fingerprint density at radius 2 is 0.791 bits per heavy atom. The van der Waals surface area contributed by atoms with Gasteiger partial charge in [0.25, 0.3) is 0 Å². The van der Waals surface area contributed by atoms with Gasteiger partial charge in [-0.25, -0.2) is 0 Å². The minimum absolute atomic E-state index is 0. The summed E-state index contributed by atoms with van der Waals surface area (Å²) in [6.45, 7) is 44.0. The van der Waals surface area contributed by atoms with Gasteiger partial charge in [-0.3, -0.25) is 24.2 Å². The van der Waals surface area contributed by atoms with Crippen molar-refractivity contribution in [1.29, 1.82) is 0 Å². The maximum atomic E-state index is 11.2. The maximum absolute atomic E-state index is 11.2. The van der Waals surface area contributed by atoms with Crippen molar-refractivity contribution in [2.24, 2.45) is 35.5 Å². The molecule has 0 saturated carbocycles. The second kappa shape index (κ2) is 55.0. The van der Waals surface area contributed by atoms with Gasteiger partial charge >= 0.3 is 0 Å². The molecule has 0 amide bonds. The molecule has 0 fully saturated rings. The Hall–Kier alpha value is -9.54. The number of pyridine rings is 4. The van der Waals surface area contributed by atoms with Gasteiger partial charge in [-0.15, -0.1) is 175 Å². The summed E-state index contributed by atoms with van der Waals surface area (Å²) in [5.41, 5.74) is 20.9. The smallest absolute Gasteiger partial charge is 0.159 e. The van der Waals surface area contributed by atoms with E-state index in [4.69, 9.17) is 10.1 Å². The van der Waals surface area contributed by atoms with Gasteiger partial charge in [-0.05, 0) is 129 Å². The summed E-state index contributed by atoms with van der Waals surface area (Å²) in [6, 6.07) is 79.4. The number of ketones is 4. The molecule has 19 heteroatoms. The molecule has 712 valence electrons. The van der Waals surface area contributed by atoms with E-state index in [1.165, 1.54) is 133 Å². The first-order valence-electron chi connectivity index (χ1n) is 44.8. The third kappa shape index (κ3) is 34.9. The number of nitrogens with zero attached hydrogens (tertiary/aromatic N) is 4. The van der Waals surface area contributed by atoms with Crippen LogP contribution in [0.25, 0.3) is 117 Å². The number of allylic oxidation sites excluding steroid dienone is 8. The average Bonchev–Trinajstić information content (AvgIpc) is 1.58. The van der Waals surface area contributed by atoms with Crippen LogP contribution in [0.2, 0.25) is 0 Å². The van der Waals surface area contributed by atoms with Crippen LogP contribution in [0.5, 0.6) is 0 Å². The Bertz CT molecular complexity index is 6390. The number of rotatable bonds is 20. The van der Waals surface area contributed by atoms with E-state index in [2.05, 4.69) is 264 Å². The van der Waals surface area contributed by atoms with Crippen LogP contribution < -0.4 is 0 Å². The van der Waals surface area contributed by atoms with Crippen LogP contribution in [0.4, 0.5) is 0 Å². The fourth-order valence-electron chi connectivity index (χ4n) is 15.4. The molecular weight excluding hydrogens is 2430 g/mol. The van der Waals surface area contributed by atoms with Crippen molar-refractivity contribution < 1.29 is 120 Å². The Kier molecular flexibility index (Phi) is 47.2. The van der Waals surface area contributed by atoms with Crippen LogP contribution >= 0.6 is 34.0 Å². The monoisotopic (exact) mass is 2560 g/mol. The molecule has 16 rings (SSSR count). The number of carbonyl (C=O) groups is 4. The van der Waals surface area contributed by atoms with Crippen molar-refractivity contribution in [2.45, 2.75) is 196 Å². The number of carbonyl (C=O) groups excluding carboxylic acids is 4. The number of thiophene rings is 3. The van der Waals surface area contributed by atoms with Crippen LogP contribution in [-0.2, 0) is 105 Å². The van der Waals surface area contributed by atoms with Crippen LogP contribution in [0.3, 0.4) is 0 Å². The van der Waals surface area contributed by atoms with E-state index in [0.717, 1.165) is 66.6 Å². The number of aliphatic hydroxyl groups excluding tert-OH is 4. The molecule has 0 aliphatic heterocycles. The van der Waals surface area contributed by atoms with Gasteiger partial charge in [-0.1, -0.05) is 242 Å². The van der Waals surface area contributed by atoms with Crippen molar-refractivity contribution in [3.05, 3.63) is 323 Å². The molecule has 0 atom stereocenters. The summed E-state index contributed by atoms with van der Waals surface area (Å²) in [5.74, 6) is 2.88. The first-order valence-corrected chi connectivity index (χ1v) is 47.2. The van der Waals surface area contributed by atoms with Crippen molar-refractivity contribution in [3.8, 4) is 56.2 Å². The van der Waals surface area contributed by atoms with Crippen molar-refractivity contribution in [2.75, 3.05) is 0 Å². The molecule has 15 aromatic rings. The molecule has 0 saturated heterocycles. The zero-order valence-corrected chi connectivity index (χ0v) is 92.9. The van der Waals surface area contributed by atoms with Crippen LogP contribution in [-0.4, -0.2) is 63.5 Å². The fourth-order valence-corrected chi connectivity index (χ4v) is 18.8. The number of aryl methyl sites for hydroxylation is 6. The number of benzene rings is 8. The zero-order valence-electron chi connectivity index (χ0n) is 80.9. The molecule has 8 aromatic carbocycles. The quantitative estimate of drug-likeness (QED) is 0.0320. The van der Waals surface area contributed by atoms with E-state index in [1.807, 2.05) is 131 Å². The molecule has 0 spiro atoms. The van der Waals surface area contributed by atoms with Gasteiger partial charge in [-0.2, -0.15) is 0 Å². The summed E-state index contributed by atoms with van der Waals surface area (Å²) in [4.78, 5) is 63.5. The second-order valence-electron chi connectivity index (χ2n) is 36.6. The molecule has 134 heavy (non-hydrogen) atoms. The zero-order chi connectivity index (χ0) is 94.8. The first kappa shape index (κ1) is 115. The summed E-state index contributed by atoms with van der Waals surface area (Å²) in [7, 11) is 0. The standard InChI is InChI=1S/C20H16N.3C19H14NS.3C11H20O2.C5H8O2.4Ir/c1-20(2)17-11-7-6-10-15(17)16-13-21-19(12-18(16)20)14-8-4-3-5-9-14;1-12-7-13(2)9-14(8-12)17-10-16-15-5-3-4-6-18(15)21-19(16)11-20-17;1-12-9-13(2)11-14(10-12)17-8-7-16-15-5-3-4-6-18(15)21-19(16)20-17;1-12-9-13(2)11-14(10-12)18-19-16(7-8-20-18)15-5-3-4-6-17(15)21-19;3*1-8(2)5-10(12)7-11(13)6-9(3)4;1-4(6)3-5(2)7;;;;/h3-8,10-13H,1-2H3;3-8,10-11H,1-2H3;2*3-10H,1-2H3;3*7-9,12H,5-6H2,1-4H3;3,6H,1-2H3;;;;/q4*-1;;;;;;;;. The molecule has 1 aliphatic rings. The number of aliphatic hydroxyl groups is 4. The predicted molar refractivity (Wildman–Crippen MR) is 550 cm³/mol. The Morgan fingerprint density at radius 1 is 0.373 bits per heavy atom. The molecule has 4 radical (unpaired) electrons. The Balaban J connectivity index is 0.000000275. The topological polar surface area (TPSA) is 201 Å². The van der Waals surface area contributed by atoms with E-state index in [0.29, 0.717) is 74.0 Å². The first-order chi connectivity index (χ1) is 61.7. The van der Waals surface area contributed by atoms with Gasteiger partial charge in [0.1, 0.15) is 4.83 Å². The van der Waals surface area contributed by atoms with Crippen molar-refractivity contribution in [1.82, 2.24) is 19.9 Å². The van der Waals surface area contributed by atoms with E-state index >= 15 is 0 Å². The molecule has 7 heterocycles. The van der Waals surface area contributed by atoms with Gasteiger partial charge in [0.15, 0.2) is 23.1 Å². The SMILES string of the molecule is CC(=O)C=C(C)O.CC(C)CC(=O)C=C(O)CC(C)C.CC(C)CC(=O)C=C(O)CC(C)C.CC(C)CC(=O)C=C(O)CC(C)C.CC1(C)c2ccccc2-c2cnc(-c3[c-]cccc3)cc21.Cc1[c-]c(-c2cc3c(cn2)sc2ccccc23)cc(C)c1.Cc1[c-]c(-c2ccc3c(n2)sc2ccccc23)cc(C)c1.Cc1[c-]c(-c2nccc3c2sc2ccccc23)cc(C)c1.[Ir].[Ir].[Ir].[Ir]. The van der Waals surface area contributed by atoms with Crippen LogP contribution in [0.15, 0.2) is 254 Å². The molecule has 4 N–H and O–H groups in total. The number of fused-ring (bicyclic) bond motifs is 12. The van der Waals surface area contributed by atoms with Gasteiger partial charge in [0, 0.05) is 208 Å². The van der Waals surface area contributed by atoms with Gasteiger partial charge in [0.2, 0.25) is 0 Å². The van der Waals surface area contributed by atoms with Crippen LogP contribution in [0.1, 0.15) is 194 Å². The van der Waals surface area contributed by atoms with Crippen molar-refractivity contribution >= 4 is 118 Å². The summed E-state index contributed by atoms with van der Waals surface area (Å²) < 4.78 is 6.41. The second-order valence-corrected chi connectivity index (χ2v) is 39.7. The normalized spacial score (nSPS) is 11.9. The average molecular weight is 2560 g/mol. The molecule has 0 unspecified atom stereocenters. The fraction of sp³-hybridized carbons (Fsp3) is 0.304. The van der Waals surface area contributed by atoms with E-state index in [9.17, 15) is 34.5 Å². The minimum Gasteiger partial charge on any atom is -0.512 e.